The molecule has 0 saturated heterocycles. The predicted octanol–water partition coefficient (Wildman–Crippen LogP) is 4.10. The minimum Gasteiger partial charge on any atom is -0.349 e. The van der Waals surface area contributed by atoms with Gasteiger partial charge in [-0.3, -0.25) is 9.59 Å². The van der Waals surface area contributed by atoms with Gasteiger partial charge in [-0.15, -0.1) is 0 Å². The number of hydrogen-bond acceptors (Lipinski definition) is 3. The zero-order valence-electron chi connectivity index (χ0n) is 16.4. The van der Waals surface area contributed by atoms with Crippen LogP contribution in [0.5, 0.6) is 0 Å². The lowest BCUT2D eigenvalue weighted by molar-refractivity contribution is -0.120. The first-order valence-electron chi connectivity index (χ1n) is 9.30. The fraction of sp³-hybridized carbons (Fsp3) is 0.227. The topological polar surface area (TPSA) is 76.0 Å². The molecule has 0 bridgehead atoms. The van der Waals surface area contributed by atoms with Gasteiger partial charge in [0.25, 0.3) is 0 Å². The Hall–Kier alpha value is -3.12. The van der Waals surface area contributed by atoms with Crippen molar-refractivity contribution in [1.82, 2.24) is 15.1 Å². The summed E-state index contributed by atoms with van der Waals surface area (Å²) in [7, 11) is 0. The lowest BCUT2D eigenvalue weighted by Gasteiger charge is -2.18. The van der Waals surface area contributed by atoms with E-state index in [1.807, 2.05) is 25.1 Å². The molecule has 29 heavy (non-hydrogen) atoms. The molecule has 0 aliphatic heterocycles. The Kier molecular flexibility index (Phi) is 6.67. The van der Waals surface area contributed by atoms with E-state index in [4.69, 9.17) is 11.6 Å². The highest BCUT2D eigenvalue weighted by molar-refractivity contribution is 6.30. The van der Waals surface area contributed by atoms with Gasteiger partial charge in [-0.25, -0.2) is 4.68 Å². The van der Waals surface area contributed by atoms with E-state index in [-0.39, 0.29) is 18.2 Å². The van der Waals surface area contributed by atoms with Crippen molar-refractivity contribution >= 4 is 29.2 Å². The van der Waals surface area contributed by atoms with Crippen molar-refractivity contribution in [3.63, 3.8) is 0 Å². The zero-order chi connectivity index (χ0) is 20.8. The van der Waals surface area contributed by atoms with Crippen molar-refractivity contribution in [2.45, 2.75) is 32.9 Å². The van der Waals surface area contributed by atoms with E-state index in [9.17, 15) is 9.59 Å². The maximum atomic E-state index is 12.7. The molecule has 0 aliphatic carbocycles. The van der Waals surface area contributed by atoms with Crippen LogP contribution in [-0.2, 0) is 16.1 Å². The predicted molar refractivity (Wildman–Crippen MR) is 114 cm³/mol. The molecule has 1 unspecified atom stereocenters. The third-order valence-corrected chi connectivity index (χ3v) is 4.69. The molecule has 0 radical (unpaired) electrons. The third-order valence-electron chi connectivity index (χ3n) is 4.44. The summed E-state index contributed by atoms with van der Waals surface area (Å²) >= 11 is 5.94. The summed E-state index contributed by atoms with van der Waals surface area (Å²) in [5.74, 6) is 0.182. The van der Waals surface area contributed by atoms with Crippen LogP contribution in [0.3, 0.4) is 0 Å². The molecule has 2 amide bonds. The molecule has 0 saturated carbocycles. The SMILES string of the molecule is CC(=O)NC(CC(=O)Nc1ccnn1Cc1cccc(C)c1)c1ccc(Cl)cc1. The van der Waals surface area contributed by atoms with Gasteiger partial charge < -0.3 is 10.6 Å². The Balaban J connectivity index is 1.70. The third kappa shape index (κ3) is 5.93. The molecule has 1 aromatic heterocycles. The number of rotatable bonds is 7. The summed E-state index contributed by atoms with van der Waals surface area (Å²) in [6.07, 6.45) is 1.74. The van der Waals surface area contributed by atoms with Gasteiger partial charge in [0.05, 0.1) is 25.2 Å². The summed E-state index contributed by atoms with van der Waals surface area (Å²) in [5, 5.41) is 10.6. The lowest BCUT2D eigenvalue weighted by Crippen LogP contribution is -2.30. The van der Waals surface area contributed by atoms with Gasteiger partial charge in [0.2, 0.25) is 11.8 Å². The first-order valence-corrected chi connectivity index (χ1v) is 9.68. The standard InChI is InChI=1S/C22H23ClN4O2/c1-15-4-3-5-17(12-15)14-27-21(10-11-24-27)26-22(29)13-20(25-16(2)28)18-6-8-19(23)9-7-18/h3-12,20H,13-14H2,1-2H3,(H,25,28)(H,26,29). The van der Waals surface area contributed by atoms with Crippen LogP contribution in [0.15, 0.2) is 60.8 Å². The molecule has 2 N–H and O–H groups in total. The number of halogens is 1. The van der Waals surface area contributed by atoms with Crippen molar-refractivity contribution in [2.75, 3.05) is 5.32 Å². The monoisotopic (exact) mass is 410 g/mol. The van der Waals surface area contributed by atoms with Crippen LogP contribution in [0.4, 0.5) is 5.82 Å². The summed E-state index contributed by atoms with van der Waals surface area (Å²) in [6.45, 7) is 4.02. The fourth-order valence-corrected chi connectivity index (χ4v) is 3.25. The number of amides is 2. The average Bonchev–Trinajstić information content (AvgIpc) is 3.08. The summed E-state index contributed by atoms with van der Waals surface area (Å²) in [5.41, 5.74) is 3.08. The molecule has 6 nitrogen and oxygen atoms in total. The van der Waals surface area contributed by atoms with Gasteiger partial charge in [-0.05, 0) is 30.2 Å². The number of benzene rings is 2. The Morgan fingerprint density at radius 1 is 1.14 bits per heavy atom. The smallest absolute Gasteiger partial charge is 0.227 e. The second-order valence-electron chi connectivity index (χ2n) is 6.92. The number of nitrogens with zero attached hydrogens (tertiary/aromatic N) is 2. The van der Waals surface area contributed by atoms with Crippen LogP contribution in [-0.4, -0.2) is 21.6 Å². The molecule has 150 valence electrons. The van der Waals surface area contributed by atoms with Crippen LogP contribution in [0, 0.1) is 6.92 Å². The highest BCUT2D eigenvalue weighted by Gasteiger charge is 2.18. The highest BCUT2D eigenvalue weighted by atomic mass is 35.5. The van der Waals surface area contributed by atoms with Crippen LogP contribution in [0.25, 0.3) is 0 Å². The van der Waals surface area contributed by atoms with E-state index < -0.39 is 6.04 Å². The first-order chi connectivity index (χ1) is 13.9. The summed E-state index contributed by atoms with van der Waals surface area (Å²) in [4.78, 5) is 24.3. The van der Waals surface area contributed by atoms with E-state index in [0.29, 0.717) is 17.4 Å². The second-order valence-corrected chi connectivity index (χ2v) is 7.36. The van der Waals surface area contributed by atoms with Gasteiger partial charge in [-0.2, -0.15) is 5.10 Å². The zero-order valence-corrected chi connectivity index (χ0v) is 17.1. The van der Waals surface area contributed by atoms with Crippen LogP contribution in [0.2, 0.25) is 5.02 Å². The Morgan fingerprint density at radius 2 is 1.90 bits per heavy atom. The highest BCUT2D eigenvalue weighted by Crippen LogP contribution is 2.21. The summed E-state index contributed by atoms with van der Waals surface area (Å²) in [6, 6.07) is 16.5. The number of carbonyl (C=O) groups is 2. The van der Waals surface area contributed by atoms with E-state index in [2.05, 4.69) is 21.8 Å². The molecule has 7 heteroatoms. The van der Waals surface area contributed by atoms with Crippen molar-refractivity contribution in [1.29, 1.82) is 0 Å². The second kappa shape index (κ2) is 9.39. The number of hydrogen-bond donors (Lipinski definition) is 2. The Morgan fingerprint density at radius 3 is 2.59 bits per heavy atom. The van der Waals surface area contributed by atoms with Crippen LogP contribution in [0.1, 0.15) is 36.1 Å². The molecule has 2 aromatic carbocycles. The first kappa shape index (κ1) is 20.6. The van der Waals surface area contributed by atoms with Crippen molar-refractivity contribution < 1.29 is 9.59 Å². The molecular weight excluding hydrogens is 388 g/mol. The van der Waals surface area contributed by atoms with Crippen LogP contribution < -0.4 is 10.6 Å². The minimum atomic E-state index is -0.446. The number of aryl methyl sites for hydroxylation is 1. The Labute approximate surface area is 174 Å². The maximum Gasteiger partial charge on any atom is 0.227 e. The number of carbonyl (C=O) groups excluding carboxylic acids is 2. The number of anilines is 1. The largest absolute Gasteiger partial charge is 0.349 e. The number of nitrogens with one attached hydrogen (secondary N) is 2. The molecule has 0 fully saturated rings. The molecule has 0 aliphatic rings. The van der Waals surface area contributed by atoms with Crippen molar-refractivity contribution in [3.05, 3.63) is 82.5 Å². The molecule has 1 atom stereocenters. The molecular formula is C22H23ClN4O2. The lowest BCUT2D eigenvalue weighted by atomic mass is 10.0. The average molecular weight is 411 g/mol. The quantitative estimate of drug-likeness (QED) is 0.615. The van der Waals surface area contributed by atoms with E-state index in [1.165, 1.54) is 12.5 Å². The van der Waals surface area contributed by atoms with Crippen molar-refractivity contribution in [3.8, 4) is 0 Å². The van der Waals surface area contributed by atoms with E-state index >= 15 is 0 Å². The fourth-order valence-electron chi connectivity index (χ4n) is 3.12. The Bertz CT molecular complexity index is 998. The minimum absolute atomic E-state index is 0.0941. The molecule has 0 spiro atoms. The number of aromatic nitrogens is 2. The van der Waals surface area contributed by atoms with Gasteiger partial charge in [0.15, 0.2) is 0 Å². The normalized spacial score (nSPS) is 11.7. The van der Waals surface area contributed by atoms with Crippen molar-refractivity contribution in [2.24, 2.45) is 0 Å². The van der Waals surface area contributed by atoms with Gasteiger partial charge in [0.1, 0.15) is 5.82 Å². The molecule has 3 rings (SSSR count). The summed E-state index contributed by atoms with van der Waals surface area (Å²) < 4.78 is 1.74. The van der Waals surface area contributed by atoms with Gasteiger partial charge in [-0.1, -0.05) is 53.6 Å². The van der Waals surface area contributed by atoms with Gasteiger partial charge >= 0.3 is 0 Å². The van der Waals surface area contributed by atoms with E-state index in [1.54, 1.807) is 41.2 Å². The van der Waals surface area contributed by atoms with Gasteiger partial charge in [0, 0.05) is 18.0 Å². The van der Waals surface area contributed by atoms with Crippen LogP contribution >= 0.6 is 11.6 Å². The molecule has 3 aromatic rings. The molecule has 1 heterocycles. The van der Waals surface area contributed by atoms with E-state index in [0.717, 1.165) is 11.1 Å². The maximum absolute atomic E-state index is 12.7.